The average Bonchev–Trinajstić information content (AvgIpc) is 3.08. The van der Waals surface area contributed by atoms with Gasteiger partial charge in [-0.2, -0.15) is 0 Å². The summed E-state index contributed by atoms with van der Waals surface area (Å²) in [7, 11) is 1.65. The zero-order valence-electron chi connectivity index (χ0n) is 13.4. The molecule has 0 unspecified atom stereocenters. The molecule has 1 N–H and O–H groups in total. The molecule has 124 valence electrons. The van der Waals surface area contributed by atoms with E-state index in [1.165, 1.54) is 0 Å². The van der Waals surface area contributed by atoms with Crippen LogP contribution >= 0.6 is 23.8 Å². The van der Waals surface area contributed by atoms with Crippen LogP contribution in [0.2, 0.25) is 5.02 Å². The molecule has 4 aromatic rings. The molecule has 4 rings (SSSR count). The number of aromatic nitrogens is 3. The Hall–Kier alpha value is -2.63. The third-order valence-corrected chi connectivity index (χ3v) is 4.81. The lowest BCUT2D eigenvalue weighted by molar-refractivity contribution is 0.415. The number of nitrogens with zero attached hydrogens (tertiary/aromatic N) is 2. The highest BCUT2D eigenvalue weighted by Crippen LogP contribution is 2.29. The number of hydrogen-bond donors (Lipinski definition) is 1. The Labute approximate surface area is 154 Å². The van der Waals surface area contributed by atoms with Gasteiger partial charge in [0.25, 0.3) is 0 Å². The van der Waals surface area contributed by atoms with Gasteiger partial charge in [0.15, 0.2) is 0 Å². The lowest BCUT2D eigenvalue weighted by Crippen LogP contribution is -1.93. The summed E-state index contributed by atoms with van der Waals surface area (Å²) in [6.45, 7) is 0. The van der Waals surface area contributed by atoms with Gasteiger partial charge in [0.2, 0.25) is 5.78 Å². The van der Waals surface area contributed by atoms with Crippen molar-refractivity contribution in [1.82, 2.24) is 14.4 Å². The first-order chi connectivity index (χ1) is 12.2. The maximum Gasteiger partial charge on any atom is 0.212 e. The molecule has 2 aromatic carbocycles. The van der Waals surface area contributed by atoms with Gasteiger partial charge in [0, 0.05) is 28.5 Å². The Kier molecular flexibility index (Phi) is 4.03. The highest BCUT2D eigenvalue weighted by atomic mass is 35.5. The van der Waals surface area contributed by atoms with Crippen LogP contribution < -0.4 is 4.74 Å². The van der Waals surface area contributed by atoms with Crippen molar-refractivity contribution in [2.75, 3.05) is 7.11 Å². The van der Waals surface area contributed by atoms with Gasteiger partial charge in [-0.25, -0.2) is 4.98 Å². The molecule has 25 heavy (non-hydrogen) atoms. The maximum atomic E-state index is 6.31. The SMILES string of the molecule is COc1ccc(-c2cn3c(=S)c(-c4ccccc4Cl)cnc3[nH]2)cc1. The Morgan fingerprint density at radius 2 is 1.84 bits per heavy atom. The molecule has 0 saturated heterocycles. The molecule has 0 amide bonds. The maximum absolute atomic E-state index is 6.31. The summed E-state index contributed by atoms with van der Waals surface area (Å²) in [6, 6.07) is 15.4. The number of fused-ring (bicyclic) bond motifs is 1. The van der Waals surface area contributed by atoms with Crippen molar-refractivity contribution in [1.29, 1.82) is 0 Å². The molecule has 0 atom stereocenters. The Balaban J connectivity index is 1.85. The largest absolute Gasteiger partial charge is 0.497 e. The molecule has 4 nitrogen and oxygen atoms in total. The monoisotopic (exact) mass is 367 g/mol. The zero-order chi connectivity index (χ0) is 17.4. The van der Waals surface area contributed by atoms with Crippen molar-refractivity contribution in [2.24, 2.45) is 0 Å². The molecule has 0 spiro atoms. The van der Waals surface area contributed by atoms with Crippen LogP contribution in [0.25, 0.3) is 28.2 Å². The van der Waals surface area contributed by atoms with Crippen molar-refractivity contribution >= 4 is 29.6 Å². The number of hydrogen-bond acceptors (Lipinski definition) is 3. The van der Waals surface area contributed by atoms with E-state index in [0.29, 0.717) is 15.4 Å². The first-order valence-electron chi connectivity index (χ1n) is 7.67. The van der Waals surface area contributed by atoms with Gasteiger partial charge in [0.1, 0.15) is 10.4 Å². The molecule has 0 saturated carbocycles. The number of ether oxygens (including phenoxy) is 1. The van der Waals surface area contributed by atoms with E-state index in [1.54, 1.807) is 13.3 Å². The van der Waals surface area contributed by atoms with Crippen molar-refractivity contribution in [3.05, 3.63) is 70.6 Å². The van der Waals surface area contributed by atoms with Crippen LogP contribution in [0.15, 0.2) is 60.9 Å². The zero-order valence-corrected chi connectivity index (χ0v) is 14.9. The summed E-state index contributed by atoms with van der Waals surface area (Å²) < 4.78 is 7.73. The van der Waals surface area contributed by atoms with E-state index in [0.717, 1.165) is 28.1 Å². The molecule has 0 aliphatic carbocycles. The molecular weight excluding hydrogens is 354 g/mol. The van der Waals surface area contributed by atoms with Crippen LogP contribution in [0, 0.1) is 4.64 Å². The molecular formula is C19H14ClN3OS. The Morgan fingerprint density at radius 3 is 2.56 bits per heavy atom. The molecule has 6 heteroatoms. The van der Waals surface area contributed by atoms with Gasteiger partial charge in [-0.1, -0.05) is 42.0 Å². The number of methoxy groups -OCH3 is 1. The van der Waals surface area contributed by atoms with E-state index >= 15 is 0 Å². The second-order valence-electron chi connectivity index (χ2n) is 5.55. The summed E-state index contributed by atoms with van der Waals surface area (Å²) in [4.78, 5) is 7.79. The van der Waals surface area contributed by atoms with Crippen molar-refractivity contribution in [2.45, 2.75) is 0 Å². The van der Waals surface area contributed by atoms with Gasteiger partial charge in [-0.05, 0) is 35.9 Å². The van der Waals surface area contributed by atoms with Crippen LogP contribution in [0.4, 0.5) is 0 Å². The molecule has 0 radical (unpaired) electrons. The second-order valence-corrected chi connectivity index (χ2v) is 6.34. The number of halogens is 1. The summed E-state index contributed by atoms with van der Waals surface area (Å²) >= 11 is 12.0. The fourth-order valence-corrected chi connectivity index (χ4v) is 3.28. The number of aromatic amines is 1. The number of rotatable bonds is 3. The quantitative estimate of drug-likeness (QED) is 0.494. The lowest BCUT2D eigenvalue weighted by atomic mass is 10.1. The van der Waals surface area contributed by atoms with Crippen molar-refractivity contribution in [3.8, 4) is 28.1 Å². The van der Waals surface area contributed by atoms with Crippen LogP contribution in [-0.4, -0.2) is 21.5 Å². The highest BCUT2D eigenvalue weighted by Gasteiger charge is 2.10. The molecule has 0 bridgehead atoms. The van der Waals surface area contributed by atoms with E-state index in [1.807, 2.05) is 59.1 Å². The summed E-state index contributed by atoms with van der Waals surface area (Å²) in [5, 5.41) is 0.654. The van der Waals surface area contributed by atoms with Gasteiger partial charge >= 0.3 is 0 Å². The van der Waals surface area contributed by atoms with Gasteiger partial charge in [0.05, 0.1) is 12.8 Å². The second kappa shape index (κ2) is 6.35. The third kappa shape index (κ3) is 2.81. The number of benzene rings is 2. The normalized spacial score (nSPS) is 11.0. The van der Waals surface area contributed by atoms with E-state index in [4.69, 9.17) is 28.6 Å². The van der Waals surface area contributed by atoms with E-state index in [2.05, 4.69) is 9.97 Å². The fourth-order valence-electron chi connectivity index (χ4n) is 2.74. The Morgan fingerprint density at radius 1 is 1.08 bits per heavy atom. The Bertz CT molecular complexity index is 1120. The van der Waals surface area contributed by atoms with E-state index in [9.17, 15) is 0 Å². The first kappa shape index (κ1) is 15.9. The van der Waals surface area contributed by atoms with Crippen LogP contribution in [0.3, 0.4) is 0 Å². The van der Waals surface area contributed by atoms with Crippen LogP contribution in [0.5, 0.6) is 5.75 Å². The van der Waals surface area contributed by atoms with Gasteiger partial charge in [-0.3, -0.25) is 4.40 Å². The number of H-pyrrole nitrogens is 1. The smallest absolute Gasteiger partial charge is 0.212 e. The topological polar surface area (TPSA) is 42.3 Å². The standard InChI is InChI=1S/C19H14ClN3OS/c1-24-13-8-6-12(7-9-13)17-11-23-18(25)15(10-21-19(23)22-17)14-4-2-3-5-16(14)20/h2-11H,1H3,(H,21,22). The minimum atomic E-state index is 0.654. The molecule has 0 aliphatic rings. The fraction of sp³-hybridized carbons (Fsp3) is 0.0526. The summed E-state index contributed by atoms with van der Waals surface area (Å²) in [6.07, 6.45) is 3.71. The molecule has 2 aromatic heterocycles. The van der Waals surface area contributed by atoms with Crippen LogP contribution in [-0.2, 0) is 0 Å². The van der Waals surface area contributed by atoms with Gasteiger partial charge < -0.3 is 9.72 Å². The molecule has 2 heterocycles. The van der Waals surface area contributed by atoms with Gasteiger partial charge in [-0.15, -0.1) is 0 Å². The summed E-state index contributed by atoms with van der Waals surface area (Å²) in [5.74, 6) is 1.50. The molecule has 0 aliphatic heterocycles. The predicted octanol–water partition coefficient (Wildman–Crippen LogP) is 5.39. The first-order valence-corrected chi connectivity index (χ1v) is 8.45. The minimum absolute atomic E-state index is 0.654. The predicted molar refractivity (Wildman–Crippen MR) is 103 cm³/mol. The molecule has 0 fully saturated rings. The lowest BCUT2D eigenvalue weighted by Gasteiger charge is -2.04. The number of imidazole rings is 1. The van der Waals surface area contributed by atoms with Crippen LogP contribution in [0.1, 0.15) is 0 Å². The van der Waals surface area contributed by atoms with E-state index in [-0.39, 0.29) is 0 Å². The van der Waals surface area contributed by atoms with Crippen molar-refractivity contribution < 1.29 is 4.74 Å². The van der Waals surface area contributed by atoms with E-state index < -0.39 is 0 Å². The highest BCUT2D eigenvalue weighted by molar-refractivity contribution is 7.71. The average molecular weight is 368 g/mol. The van der Waals surface area contributed by atoms with Crippen molar-refractivity contribution in [3.63, 3.8) is 0 Å². The third-order valence-electron chi connectivity index (χ3n) is 4.06. The summed E-state index contributed by atoms with van der Waals surface area (Å²) in [5.41, 5.74) is 3.67. The number of nitrogens with one attached hydrogen (secondary N) is 1. The minimum Gasteiger partial charge on any atom is -0.497 e.